The molecule has 0 aromatic heterocycles. The maximum Gasteiger partial charge on any atom is 0.129 e. The highest BCUT2D eigenvalue weighted by Gasteiger charge is 2.20. The second-order valence-electron chi connectivity index (χ2n) is 4.25. The maximum atomic E-state index is 14.3. The summed E-state index contributed by atoms with van der Waals surface area (Å²) in [5.41, 5.74) is 1.59. The van der Waals surface area contributed by atoms with Crippen molar-refractivity contribution in [1.29, 1.82) is 0 Å². The van der Waals surface area contributed by atoms with Gasteiger partial charge in [0, 0.05) is 14.9 Å². The van der Waals surface area contributed by atoms with Gasteiger partial charge in [0.15, 0.2) is 0 Å². The van der Waals surface area contributed by atoms with Gasteiger partial charge in [0.2, 0.25) is 0 Å². The van der Waals surface area contributed by atoms with Gasteiger partial charge in [-0.05, 0) is 53.0 Å². The van der Waals surface area contributed by atoms with E-state index in [9.17, 15) is 4.39 Å². The van der Waals surface area contributed by atoms with Crippen LogP contribution in [0.3, 0.4) is 0 Å². The van der Waals surface area contributed by atoms with Crippen molar-refractivity contribution < 1.29 is 4.39 Å². The molecule has 0 aliphatic rings. The fourth-order valence-electron chi connectivity index (χ4n) is 2.14. The Hall–Kier alpha value is -0.550. The van der Waals surface area contributed by atoms with E-state index in [-0.39, 0.29) is 11.9 Å². The van der Waals surface area contributed by atoms with Crippen LogP contribution in [0.2, 0.25) is 5.02 Å². The molecule has 1 nitrogen and oxygen atoms in total. The molecule has 2 aromatic carbocycles. The van der Waals surface area contributed by atoms with Crippen molar-refractivity contribution in [3.63, 3.8) is 0 Å². The van der Waals surface area contributed by atoms with Crippen LogP contribution in [-0.2, 0) is 0 Å². The standard InChI is InChI=1S/C15H14BrClFNS/c1-19-15(9-5-3-4-6-14(9)20-2)10-7-12(17)11(16)8-13(10)18/h3-8,15,19H,1-2H3. The molecule has 0 aliphatic carbocycles. The van der Waals surface area contributed by atoms with Crippen LogP contribution >= 0.6 is 39.3 Å². The summed E-state index contributed by atoms with van der Waals surface area (Å²) in [6.45, 7) is 0. The molecule has 106 valence electrons. The lowest BCUT2D eigenvalue weighted by Crippen LogP contribution is -2.19. The predicted octanol–water partition coefficient (Wildman–Crippen LogP) is 5.27. The van der Waals surface area contributed by atoms with Crippen LogP contribution in [0.4, 0.5) is 4.39 Å². The van der Waals surface area contributed by atoms with Crippen molar-refractivity contribution in [3.8, 4) is 0 Å². The zero-order chi connectivity index (χ0) is 14.7. The van der Waals surface area contributed by atoms with Gasteiger partial charge in [0.1, 0.15) is 5.82 Å². The summed E-state index contributed by atoms with van der Waals surface area (Å²) < 4.78 is 14.8. The molecular formula is C15H14BrClFNS. The third-order valence-electron chi connectivity index (χ3n) is 3.09. The normalized spacial score (nSPS) is 12.4. The van der Waals surface area contributed by atoms with E-state index in [2.05, 4.69) is 21.2 Å². The van der Waals surface area contributed by atoms with Crippen LogP contribution in [0.1, 0.15) is 17.2 Å². The number of hydrogen-bond acceptors (Lipinski definition) is 2. The Morgan fingerprint density at radius 1 is 1.25 bits per heavy atom. The molecule has 5 heteroatoms. The van der Waals surface area contributed by atoms with Gasteiger partial charge in [-0.2, -0.15) is 0 Å². The Kier molecular flexibility index (Phi) is 5.49. The molecule has 20 heavy (non-hydrogen) atoms. The van der Waals surface area contributed by atoms with E-state index in [1.807, 2.05) is 37.6 Å². The summed E-state index contributed by atoms with van der Waals surface area (Å²) in [6, 6.07) is 10.8. The van der Waals surface area contributed by atoms with E-state index in [4.69, 9.17) is 11.6 Å². The zero-order valence-electron chi connectivity index (χ0n) is 11.1. The first kappa shape index (κ1) is 15.8. The summed E-state index contributed by atoms with van der Waals surface area (Å²) in [5, 5.41) is 3.67. The van der Waals surface area contributed by atoms with Gasteiger partial charge in [-0.1, -0.05) is 29.8 Å². The van der Waals surface area contributed by atoms with Crippen molar-refractivity contribution in [2.45, 2.75) is 10.9 Å². The van der Waals surface area contributed by atoms with E-state index in [0.717, 1.165) is 10.5 Å². The van der Waals surface area contributed by atoms with Crippen LogP contribution in [0.25, 0.3) is 0 Å². The molecule has 2 rings (SSSR count). The van der Waals surface area contributed by atoms with Gasteiger partial charge in [-0.15, -0.1) is 11.8 Å². The lowest BCUT2D eigenvalue weighted by atomic mass is 9.98. The number of rotatable bonds is 4. The molecule has 0 amide bonds. The van der Waals surface area contributed by atoms with Gasteiger partial charge in [0.05, 0.1) is 11.1 Å². The highest BCUT2D eigenvalue weighted by atomic mass is 79.9. The lowest BCUT2D eigenvalue weighted by Gasteiger charge is -2.21. The molecule has 0 saturated heterocycles. The second-order valence-corrected chi connectivity index (χ2v) is 6.36. The summed E-state index contributed by atoms with van der Waals surface area (Å²) >= 11 is 11.0. The molecule has 2 aromatic rings. The monoisotopic (exact) mass is 373 g/mol. The third-order valence-corrected chi connectivity index (χ3v) is 5.10. The number of halogens is 3. The quantitative estimate of drug-likeness (QED) is 0.578. The van der Waals surface area contributed by atoms with Crippen molar-refractivity contribution in [3.05, 3.63) is 62.8 Å². The SMILES string of the molecule is CNC(c1cc(Cl)c(Br)cc1F)c1ccccc1SC. The molecular weight excluding hydrogens is 361 g/mol. The maximum absolute atomic E-state index is 14.3. The highest BCUT2D eigenvalue weighted by molar-refractivity contribution is 9.10. The van der Waals surface area contributed by atoms with E-state index < -0.39 is 0 Å². The number of thioether (sulfide) groups is 1. The molecule has 1 atom stereocenters. The van der Waals surface area contributed by atoms with Crippen LogP contribution in [0.5, 0.6) is 0 Å². The zero-order valence-corrected chi connectivity index (χ0v) is 14.2. The fraction of sp³-hybridized carbons (Fsp3) is 0.200. The first-order valence-corrected chi connectivity index (χ1v) is 8.42. The second kappa shape index (κ2) is 6.94. The van der Waals surface area contributed by atoms with Gasteiger partial charge in [0.25, 0.3) is 0 Å². The van der Waals surface area contributed by atoms with Crippen LogP contribution in [0, 0.1) is 5.82 Å². The largest absolute Gasteiger partial charge is 0.309 e. The molecule has 0 bridgehead atoms. The smallest absolute Gasteiger partial charge is 0.129 e. The topological polar surface area (TPSA) is 12.0 Å². The fourth-order valence-corrected chi connectivity index (χ4v) is 3.27. The lowest BCUT2D eigenvalue weighted by molar-refractivity contribution is 0.572. The molecule has 0 saturated carbocycles. The third kappa shape index (κ3) is 3.19. The average molecular weight is 375 g/mol. The molecule has 0 radical (unpaired) electrons. The molecule has 1 unspecified atom stereocenters. The van der Waals surface area contributed by atoms with Crippen molar-refractivity contribution >= 4 is 39.3 Å². The van der Waals surface area contributed by atoms with E-state index in [0.29, 0.717) is 15.1 Å². The van der Waals surface area contributed by atoms with Gasteiger partial charge >= 0.3 is 0 Å². The molecule has 0 heterocycles. The summed E-state index contributed by atoms with van der Waals surface area (Å²) in [5.74, 6) is -0.281. The van der Waals surface area contributed by atoms with Crippen molar-refractivity contribution in [1.82, 2.24) is 5.32 Å². The number of hydrogen-bond donors (Lipinski definition) is 1. The summed E-state index contributed by atoms with van der Waals surface area (Å²) in [7, 11) is 1.82. The number of benzene rings is 2. The van der Waals surface area contributed by atoms with Gasteiger partial charge in [-0.3, -0.25) is 0 Å². The summed E-state index contributed by atoms with van der Waals surface area (Å²) in [6.07, 6.45) is 2.01. The minimum absolute atomic E-state index is 0.232. The van der Waals surface area contributed by atoms with Gasteiger partial charge < -0.3 is 5.32 Å². The van der Waals surface area contributed by atoms with Gasteiger partial charge in [-0.25, -0.2) is 4.39 Å². The van der Waals surface area contributed by atoms with Crippen molar-refractivity contribution in [2.24, 2.45) is 0 Å². The molecule has 0 spiro atoms. The minimum atomic E-state index is -0.281. The van der Waals surface area contributed by atoms with Crippen LogP contribution in [0.15, 0.2) is 45.8 Å². The van der Waals surface area contributed by atoms with E-state index >= 15 is 0 Å². The molecule has 0 fully saturated rings. The minimum Gasteiger partial charge on any atom is -0.309 e. The first-order chi connectivity index (χ1) is 9.58. The van der Waals surface area contributed by atoms with Crippen molar-refractivity contribution in [2.75, 3.05) is 13.3 Å². The molecule has 0 aliphatic heterocycles. The Labute approximate surface area is 136 Å². The van der Waals surface area contributed by atoms with Crippen LogP contribution < -0.4 is 5.32 Å². The first-order valence-electron chi connectivity index (χ1n) is 6.03. The van der Waals surface area contributed by atoms with E-state index in [1.165, 1.54) is 6.07 Å². The Balaban J connectivity index is 2.55. The summed E-state index contributed by atoms with van der Waals surface area (Å²) in [4.78, 5) is 1.12. The Morgan fingerprint density at radius 3 is 2.60 bits per heavy atom. The molecule has 1 N–H and O–H groups in total. The predicted molar refractivity (Wildman–Crippen MR) is 88.2 cm³/mol. The highest BCUT2D eigenvalue weighted by Crippen LogP contribution is 2.34. The van der Waals surface area contributed by atoms with Crippen LogP contribution in [-0.4, -0.2) is 13.3 Å². The Bertz CT molecular complexity index is 621. The number of nitrogens with one attached hydrogen (secondary N) is 1. The van der Waals surface area contributed by atoms with E-state index in [1.54, 1.807) is 17.8 Å². The average Bonchev–Trinajstić information content (AvgIpc) is 2.45. The Morgan fingerprint density at radius 2 is 1.95 bits per heavy atom.